The minimum Gasteiger partial charge on any atom is -0.507 e. The summed E-state index contributed by atoms with van der Waals surface area (Å²) in [5, 5.41) is 20.5. The van der Waals surface area contributed by atoms with Gasteiger partial charge in [0.15, 0.2) is 0 Å². The molecule has 0 unspecified atom stereocenters. The fraction of sp³-hybridized carbons (Fsp3) is 0.529. The number of carbonyl (C=O) groups excluding carboxylic acids is 4. The molecule has 0 bridgehead atoms. The van der Waals surface area contributed by atoms with Crippen molar-refractivity contribution in [2.45, 2.75) is 111 Å². The molecule has 4 amide bonds. The van der Waals surface area contributed by atoms with Gasteiger partial charge < -0.3 is 10.2 Å². The van der Waals surface area contributed by atoms with Gasteiger partial charge in [-0.1, -0.05) is 84.3 Å². The van der Waals surface area contributed by atoms with Crippen molar-refractivity contribution in [2.24, 2.45) is 5.41 Å². The molecule has 0 aromatic heterocycles. The Morgan fingerprint density at radius 3 is 1.43 bits per heavy atom. The maximum absolute atomic E-state index is 13.4. The van der Waals surface area contributed by atoms with Gasteiger partial charge >= 0.3 is 0 Å². The number of amides is 4. The molecule has 0 aliphatic carbocycles. The second-order valence-corrected chi connectivity index (χ2v) is 11.6. The zero-order valence-electron chi connectivity index (χ0n) is 26.7. The van der Waals surface area contributed by atoms with E-state index in [-0.39, 0.29) is 29.0 Å². The normalized spacial score (nSPS) is 11.1. The highest BCUT2D eigenvalue weighted by molar-refractivity contribution is 6.07. The fourth-order valence-electron chi connectivity index (χ4n) is 4.83. The summed E-state index contributed by atoms with van der Waals surface area (Å²) in [6.45, 7) is 7.69. The van der Waals surface area contributed by atoms with Crippen LogP contribution in [0.4, 0.5) is 0 Å². The van der Waals surface area contributed by atoms with Gasteiger partial charge in [-0.15, -0.1) is 0 Å². The monoisotopic (exact) mass is 610 g/mol. The van der Waals surface area contributed by atoms with Gasteiger partial charge in [0.05, 0.1) is 11.1 Å². The number of unbranched alkanes of at least 4 members (excludes halogenated alkanes) is 7. The number of aryl methyl sites for hydroxylation is 2. The van der Waals surface area contributed by atoms with Gasteiger partial charge in [0.2, 0.25) is 0 Å². The minimum absolute atomic E-state index is 0.00854. The van der Waals surface area contributed by atoms with Crippen molar-refractivity contribution in [3.63, 3.8) is 0 Å². The standard InChI is InChI=1S/C34H50N4O6/c1-5-8-11-12-13-14-21-34(4,32(43)37-35-30(41)26-22-24(15-9-6-2)17-19-28(26)39)33(44)38-36-31(42)27-23-25(16-10-7-3)18-20-29(27)40/h17-20,22-23,39-40H,5-16,21H2,1-4H3,(H,35,41)(H,36,42)(H,37,43)(H,38,44). The molecule has 0 spiro atoms. The average molecular weight is 611 g/mol. The molecule has 2 aromatic carbocycles. The van der Waals surface area contributed by atoms with Crippen molar-refractivity contribution < 1.29 is 29.4 Å². The van der Waals surface area contributed by atoms with E-state index in [0.29, 0.717) is 6.42 Å². The molecular weight excluding hydrogens is 560 g/mol. The average Bonchev–Trinajstić information content (AvgIpc) is 3.02. The lowest BCUT2D eigenvalue weighted by Gasteiger charge is -2.27. The van der Waals surface area contributed by atoms with E-state index >= 15 is 0 Å². The van der Waals surface area contributed by atoms with Crippen LogP contribution in [0.3, 0.4) is 0 Å². The molecule has 0 aliphatic rings. The van der Waals surface area contributed by atoms with Crippen LogP contribution < -0.4 is 21.7 Å². The zero-order chi connectivity index (χ0) is 32.5. The first-order valence-corrected chi connectivity index (χ1v) is 15.9. The summed E-state index contributed by atoms with van der Waals surface area (Å²) in [4.78, 5) is 52.6. The van der Waals surface area contributed by atoms with Crippen LogP contribution in [0, 0.1) is 5.41 Å². The molecule has 242 valence electrons. The van der Waals surface area contributed by atoms with Gasteiger partial charge in [-0.25, -0.2) is 0 Å². The van der Waals surface area contributed by atoms with Gasteiger partial charge in [0.1, 0.15) is 16.9 Å². The van der Waals surface area contributed by atoms with Crippen molar-refractivity contribution in [1.29, 1.82) is 0 Å². The molecule has 0 heterocycles. The number of hydrazine groups is 2. The van der Waals surface area contributed by atoms with E-state index in [4.69, 9.17) is 0 Å². The lowest BCUT2D eigenvalue weighted by Crippen LogP contribution is -2.57. The van der Waals surface area contributed by atoms with Crippen molar-refractivity contribution in [1.82, 2.24) is 21.7 Å². The highest BCUT2D eigenvalue weighted by Gasteiger charge is 2.41. The largest absolute Gasteiger partial charge is 0.507 e. The van der Waals surface area contributed by atoms with Crippen LogP contribution in [0.25, 0.3) is 0 Å². The minimum atomic E-state index is -1.65. The summed E-state index contributed by atoms with van der Waals surface area (Å²) in [5.41, 5.74) is 9.47. The summed E-state index contributed by atoms with van der Waals surface area (Å²) in [7, 11) is 0. The third-order valence-corrected chi connectivity index (χ3v) is 7.86. The molecule has 0 fully saturated rings. The summed E-state index contributed by atoms with van der Waals surface area (Å²) in [5.74, 6) is -3.43. The third-order valence-electron chi connectivity index (χ3n) is 7.86. The van der Waals surface area contributed by atoms with E-state index in [0.717, 1.165) is 81.8 Å². The lowest BCUT2D eigenvalue weighted by molar-refractivity contribution is -0.144. The first-order valence-electron chi connectivity index (χ1n) is 15.9. The number of phenols is 2. The number of hydrogen-bond acceptors (Lipinski definition) is 6. The van der Waals surface area contributed by atoms with Crippen LogP contribution in [-0.2, 0) is 22.4 Å². The Morgan fingerprint density at radius 1 is 0.591 bits per heavy atom. The van der Waals surface area contributed by atoms with Crippen LogP contribution in [0.15, 0.2) is 36.4 Å². The van der Waals surface area contributed by atoms with Gasteiger partial charge in [0.25, 0.3) is 23.6 Å². The highest BCUT2D eigenvalue weighted by atomic mass is 16.3. The molecule has 2 aromatic rings. The van der Waals surface area contributed by atoms with Crippen molar-refractivity contribution in [2.75, 3.05) is 0 Å². The molecule has 0 saturated carbocycles. The summed E-state index contributed by atoms with van der Waals surface area (Å²) in [6.07, 6.45) is 11.1. The Balaban J connectivity index is 2.14. The van der Waals surface area contributed by atoms with E-state index in [1.807, 2.05) is 0 Å². The molecule has 0 atom stereocenters. The molecule has 44 heavy (non-hydrogen) atoms. The second kappa shape index (κ2) is 18.6. The summed E-state index contributed by atoms with van der Waals surface area (Å²) < 4.78 is 0. The number of aromatic hydroxyl groups is 2. The molecular formula is C34H50N4O6. The van der Waals surface area contributed by atoms with E-state index in [1.54, 1.807) is 24.3 Å². The predicted octanol–water partition coefficient (Wildman–Crippen LogP) is 5.76. The van der Waals surface area contributed by atoms with Crippen molar-refractivity contribution >= 4 is 23.6 Å². The Kier molecular flexibility index (Phi) is 15.2. The van der Waals surface area contributed by atoms with E-state index in [1.165, 1.54) is 19.1 Å². The molecule has 10 nitrogen and oxygen atoms in total. The number of carbonyl (C=O) groups is 4. The molecule has 0 radical (unpaired) electrons. The molecule has 10 heteroatoms. The SMILES string of the molecule is CCCCCCCCC(C)(C(=O)NNC(=O)c1cc(CCCC)ccc1O)C(=O)NNC(=O)c1cc(CCCC)ccc1O. The summed E-state index contributed by atoms with van der Waals surface area (Å²) in [6, 6.07) is 9.54. The number of hydrogen-bond donors (Lipinski definition) is 6. The first-order chi connectivity index (χ1) is 21.1. The van der Waals surface area contributed by atoms with E-state index in [2.05, 4.69) is 42.5 Å². The van der Waals surface area contributed by atoms with Crippen LogP contribution in [0.1, 0.15) is 130 Å². The van der Waals surface area contributed by atoms with Gasteiger partial charge in [-0.3, -0.25) is 40.9 Å². The molecule has 0 aliphatic heterocycles. The quantitative estimate of drug-likeness (QED) is 0.0759. The topological polar surface area (TPSA) is 157 Å². The number of phenolic OH excluding ortho intramolecular Hbond substituents is 2. The van der Waals surface area contributed by atoms with Crippen LogP contribution in [0.5, 0.6) is 11.5 Å². The van der Waals surface area contributed by atoms with Crippen LogP contribution >= 0.6 is 0 Å². The van der Waals surface area contributed by atoms with E-state index in [9.17, 15) is 29.4 Å². The maximum Gasteiger partial charge on any atom is 0.273 e. The van der Waals surface area contributed by atoms with Gasteiger partial charge in [0, 0.05) is 0 Å². The van der Waals surface area contributed by atoms with Crippen LogP contribution in [0.2, 0.25) is 0 Å². The smallest absolute Gasteiger partial charge is 0.273 e. The Hall–Kier alpha value is -4.08. The Labute approximate surface area is 261 Å². The van der Waals surface area contributed by atoms with Crippen LogP contribution in [-0.4, -0.2) is 33.8 Å². The summed E-state index contributed by atoms with van der Waals surface area (Å²) >= 11 is 0. The predicted molar refractivity (Wildman–Crippen MR) is 171 cm³/mol. The van der Waals surface area contributed by atoms with Gasteiger partial charge in [-0.05, 0) is 74.4 Å². The Morgan fingerprint density at radius 2 is 1.00 bits per heavy atom. The first kappa shape index (κ1) is 36.1. The third kappa shape index (κ3) is 10.9. The fourth-order valence-corrected chi connectivity index (χ4v) is 4.83. The molecule has 0 saturated heterocycles. The lowest BCUT2D eigenvalue weighted by atomic mass is 9.82. The van der Waals surface area contributed by atoms with E-state index < -0.39 is 29.0 Å². The van der Waals surface area contributed by atoms with Gasteiger partial charge in [-0.2, -0.15) is 0 Å². The van der Waals surface area contributed by atoms with Crippen molar-refractivity contribution in [3.05, 3.63) is 58.7 Å². The number of nitrogens with one attached hydrogen (secondary N) is 4. The Bertz CT molecular complexity index is 1180. The second-order valence-electron chi connectivity index (χ2n) is 11.6. The zero-order valence-corrected chi connectivity index (χ0v) is 26.7. The van der Waals surface area contributed by atoms with Crippen molar-refractivity contribution in [3.8, 4) is 11.5 Å². The molecule has 6 N–H and O–H groups in total. The highest BCUT2D eigenvalue weighted by Crippen LogP contribution is 2.26. The maximum atomic E-state index is 13.4. The molecule has 2 rings (SSSR count). The number of benzene rings is 2. The number of rotatable bonds is 17.